The summed E-state index contributed by atoms with van der Waals surface area (Å²) in [4.78, 5) is 25.2. The van der Waals surface area contributed by atoms with E-state index >= 15 is 0 Å². The van der Waals surface area contributed by atoms with Gasteiger partial charge in [-0.05, 0) is 24.3 Å². The molecule has 2 N–H and O–H groups in total. The van der Waals surface area contributed by atoms with Gasteiger partial charge < -0.3 is 10.3 Å². The Labute approximate surface area is 102 Å². The first-order valence-corrected chi connectivity index (χ1v) is 5.29. The molecular formula is C12H9ClN2O2. The van der Waals surface area contributed by atoms with Crippen LogP contribution in [0.4, 0.5) is 5.69 Å². The maximum atomic E-state index is 11.8. The van der Waals surface area contributed by atoms with E-state index in [1.54, 1.807) is 24.3 Å². The number of pyridine rings is 1. The number of hydrogen-bond acceptors (Lipinski definition) is 2. The van der Waals surface area contributed by atoms with Crippen LogP contribution < -0.4 is 10.9 Å². The molecule has 0 saturated heterocycles. The van der Waals surface area contributed by atoms with Crippen LogP contribution in [0.25, 0.3) is 0 Å². The van der Waals surface area contributed by atoms with Gasteiger partial charge in [0.05, 0.1) is 0 Å². The normalized spacial score (nSPS) is 9.94. The molecular weight excluding hydrogens is 240 g/mol. The van der Waals surface area contributed by atoms with Crippen molar-refractivity contribution in [2.24, 2.45) is 0 Å². The van der Waals surface area contributed by atoms with Gasteiger partial charge in [0, 0.05) is 16.8 Å². The highest BCUT2D eigenvalue weighted by molar-refractivity contribution is 6.30. The maximum Gasteiger partial charge on any atom is 0.272 e. The summed E-state index contributed by atoms with van der Waals surface area (Å²) in [5.74, 6) is -0.384. The summed E-state index contributed by atoms with van der Waals surface area (Å²) < 4.78 is 0. The fraction of sp³-hybridized carbons (Fsp3) is 0. The van der Waals surface area contributed by atoms with Gasteiger partial charge >= 0.3 is 0 Å². The average molecular weight is 249 g/mol. The van der Waals surface area contributed by atoms with Gasteiger partial charge in [-0.15, -0.1) is 0 Å². The van der Waals surface area contributed by atoms with Crippen LogP contribution in [0.2, 0.25) is 5.02 Å². The van der Waals surface area contributed by atoms with Crippen LogP contribution in [0.1, 0.15) is 10.5 Å². The first-order chi connectivity index (χ1) is 8.15. The molecule has 0 fully saturated rings. The van der Waals surface area contributed by atoms with Crippen LogP contribution >= 0.6 is 11.6 Å². The minimum atomic E-state index is -0.384. The molecule has 0 bridgehead atoms. The number of aromatic nitrogens is 1. The molecule has 0 saturated carbocycles. The predicted molar refractivity (Wildman–Crippen MR) is 66.5 cm³/mol. The predicted octanol–water partition coefficient (Wildman–Crippen LogP) is 2.28. The van der Waals surface area contributed by atoms with Gasteiger partial charge in [0.15, 0.2) is 0 Å². The molecule has 5 heteroatoms. The molecule has 2 rings (SSSR count). The van der Waals surface area contributed by atoms with E-state index in [2.05, 4.69) is 10.3 Å². The van der Waals surface area contributed by atoms with Crippen LogP contribution in [-0.4, -0.2) is 10.9 Å². The molecule has 0 aliphatic rings. The number of benzene rings is 1. The van der Waals surface area contributed by atoms with E-state index in [4.69, 9.17) is 11.6 Å². The topological polar surface area (TPSA) is 62.0 Å². The lowest BCUT2D eigenvalue weighted by Crippen LogP contribution is -2.17. The first kappa shape index (κ1) is 11.4. The van der Waals surface area contributed by atoms with Crippen molar-refractivity contribution in [1.82, 2.24) is 4.98 Å². The Kier molecular flexibility index (Phi) is 3.25. The molecule has 0 unspecified atom stereocenters. The Morgan fingerprint density at radius 1 is 1.18 bits per heavy atom. The Morgan fingerprint density at radius 2 is 1.94 bits per heavy atom. The van der Waals surface area contributed by atoms with E-state index in [0.717, 1.165) is 0 Å². The van der Waals surface area contributed by atoms with Gasteiger partial charge in [0.25, 0.3) is 5.91 Å². The minimum absolute atomic E-state index is 0.206. The summed E-state index contributed by atoms with van der Waals surface area (Å²) in [5.41, 5.74) is 0.466. The Morgan fingerprint density at radius 3 is 2.65 bits per heavy atom. The molecule has 0 spiro atoms. The van der Waals surface area contributed by atoms with Crippen molar-refractivity contribution in [1.29, 1.82) is 0 Å². The summed E-state index contributed by atoms with van der Waals surface area (Å²) in [6, 6.07) is 11.2. The molecule has 1 heterocycles. The number of anilines is 1. The highest BCUT2D eigenvalue weighted by atomic mass is 35.5. The number of hydrogen-bond donors (Lipinski definition) is 2. The third kappa shape index (κ3) is 2.95. The highest BCUT2D eigenvalue weighted by Crippen LogP contribution is 2.15. The van der Waals surface area contributed by atoms with Crippen LogP contribution in [0, 0.1) is 0 Å². The summed E-state index contributed by atoms with van der Waals surface area (Å²) >= 11 is 5.79. The van der Waals surface area contributed by atoms with Crippen molar-refractivity contribution in [3.05, 3.63) is 63.5 Å². The van der Waals surface area contributed by atoms with Gasteiger partial charge in [-0.1, -0.05) is 23.7 Å². The summed E-state index contributed by atoms with van der Waals surface area (Å²) in [5, 5.41) is 3.16. The second kappa shape index (κ2) is 4.84. The zero-order valence-corrected chi connectivity index (χ0v) is 9.49. The fourth-order valence-electron chi connectivity index (χ4n) is 1.34. The molecule has 86 valence electrons. The lowest BCUT2D eigenvalue weighted by atomic mass is 10.3. The summed E-state index contributed by atoms with van der Waals surface area (Å²) in [7, 11) is 0. The summed E-state index contributed by atoms with van der Waals surface area (Å²) in [6.45, 7) is 0. The van der Waals surface area contributed by atoms with Crippen molar-refractivity contribution in [3.8, 4) is 0 Å². The van der Waals surface area contributed by atoms with Crippen molar-refractivity contribution in [2.45, 2.75) is 0 Å². The SMILES string of the molecule is O=C(Nc1cccc(Cl)c1)c1cccc(=O)[nH]1. The number of halogens is 1. The third-order valence-electron chi connectivity index (χ3n) is 2.10. The lowest BCUT2D eigenvalue weighted by Gasteiger charge is -2.04. The van der Waals surface area contributed by atoms with Crippen molar-refractivity contribution >= 4 is 23.2 Å². The molecule has 1 aromatic carbocycles. The van der Waals surface area contributed by atoms with Gasteiger partial charge in [-0.25, -0.2) is 0 Å². The van der Waals surface area contributed by atoms with Gasteiger partial charge in [0.2, 0.25) is 5.56 Å². The molecule has 2 aromatic rings. The second-order valence-corrected chi connectivity index (χ2v) is 3.83. The van der Waals surface area contributed by atoms with E-state index in [1.807, 2.05) is 0 Å². The lowest BCUT2D eigenvalue weighted by molar-refractivity contribution is 0.102. The van der Waals surface area contributed by atoms with Crippen molar-refractivity contribution < 1.29 is 4.79 Å². The van der Waals surface area contributed by atoms with Gasteiger partial charge in [0.1, 0.15) is 5.69 Å². The smallest absolute Gasteiger partial charge is 0.272 e. The summed E-state index contributed by atoms with van der Waals surface area (Å²) in [6.07, 6.45) is 0. The molecule has 1 aromatic heterocycles. The molecule has 17 heavy (non-hydrogen) atoms. The van der Waals surface area contributed by atoms with E-state index in [9.17, 15) is 9.59 Å². The highest BCUT2D eigenvalue weighted by Gasteiger charge is 2.06. The Balaban J connectivity index is 2.20. The van der Waals surface area contributed by atoms with Gasteiger partial charge in [-0.2, -0.15) is 0 Å². The largest absolute Gasteiger partial charge is 0.321 e. The average Bonchev–Trinajstić information content (AvgIpc) is 2.29. The second-order valence-electron chi connectivity index (χ2n) is 3.39. The Bertz CT molecular complexity index is 607. The quantitative estimate of drug-likeness (QED) is 0.857. The zero-order chi connectivity index (χ0) is 12.3. The van der Waals surface area contributed by atoms with Gasteiger partial charge in [-0.3, -0.25) is 9.59 Å². The number of aromatic amines is 1. The molecule has 0 atom stereocenters. The van der Waals surface area contributed by atoms with Crippen LogP contribution in [-0.2, 0) is 0 Å². The number of rotatable bonds is 2. The molecule has 0 aliphatic carbocycles. The molecule has 1 amide bonds. The third-order valence-corrected chi connectivity index (χ3v) is 2.33. The number of amides is 1. The van der Waals surface area contributed by atoms with E-state index < -0.39 is 0 Å². The maximum absolute atomic E-state index is 11.8. The van der Waals surface area contributed by atoms with Crippen LogP contribution in [0.3, 0.4) is 0 Å². The Hall–Kier alpha value is -2.07. The number of nitrogens with one attached hydrogen (secondary N) is 2. The zero-order valence-electron chi connectivity index (χ0n) is 8.74. The first-order valence-electron chi connectivity index (χ1n) is 4.91. The van der Waals surface area contributed by atoms with Crippen molar-refractivity contribution in [2.75, 3.05) is 5.32 Å². The van der Waals surface area contributed by atoms with E-state index in [-0.39, 0.29) is 17.2 Å². The van der Waals surface area contributed by atoms with Crippen molar-refractivity contribution in [3.63, 3.8) is 0 Å². The molecule has 0 aliphatic heterocycles. The monoisotopic (exact) mass is 248 g/mol. The van der Waals surface area contributed by atoms with Crippen LogP contribution in [0.5, 0.6) is 0 Å². The molecule has 4 nitrogen and oxygen atoms in total. The number of carbonyl (C=O) groups is 1. The number of carbonyl (C=O) groups excluding carboxylic acids is 1. The minimum Gasteiger partial charge on any atom is -0.321 e. The van der Waals surface area contributed by atoms with E-state index in [0.29, 0.717) is 10.7 Å². The van der Waals surface area contributed by atoms with E-state index in [1.165, 1.54) is 18.2 Å². The van der Waals surface area contributed by atoms with Crippen LogP contribution in [0.15, 0.2) is 47.3 Å². The molecule has 0 radical (unpaired) electrons. The standard InChI is InChI=1S/C12H9ClN2O2/c13-8-3-1-4-9(7-8)14-12(17)10-5-2-6-11(16)15-10/h1-7H,(H,14,17)(H,15,16). The number of H-pyrrole nitrogens is 1. The fourth-order valence-corrected chi connectivity index (χ4v) is 1.54.